The molecular formula is C29H32N2O4. The number of furan rings is 1. The van der Waals surface area contributed by atoms with Crippen LogP contribution in [0.4, 0.5) is 0 Å². The standard InChI is InChI=1S/C29H32N2O4/c1-18-20(3)34-26-16-27-25(15-24(18)26)19(2)23(29(33)35-27)9-10-28(32)30-22-11-13-31(14-12-22)17-21-7-5-4-6-8-21/h4-8,15-16,22H,9-14,17H2,1-3H3,(H,30,32). The fourth-order valence-corrected chi connectivity index (χ4v) is 5.13. The van der Waals surface area contributed by atoms with Crippen LogP contribution in [0.2, 0.25) is 0 Å². The molecule has 2 aromatic carbocycles. The molecule has 1 fully saturated rings. The Kier molecular flexibility index (Phi) is 6.48. The molecule has 0 atom stereocenters. The number of likely N-dealkylation sites (tertiary alicyclic amines) is 1. The first kappa shape index (κ1) is 23.4. The van der Waals surface area contributed by atoms with Crippen LogP contribution in [0.25, 0.3) is 21.9 Å². The summed E-state index contributed by atoms with van der Waals surface area (Å²) in [4.78, 5) is 27.8. The van der Waals surface area contributed by atoms with Crippen LogP contribution >= 0.6 is 0 Å². The Morgan fingerprint density at radius 3 is 2.40 bits per heavy atom. The van der Waals surface area contributed by atoms with Gasteiger partial charge in [-0.3, -0.25) is 9.69 Å². The lowest BCUT2D eigenvalue weighted by Crippen LogP contribution is -2.44. The van der Waals surface area contributed by atoms with E-state index < -0.39 is 0 Å². The van der Waals surface area contributed by atoms with E-state index in [0.29, 0.717) is 17.6 Å². The van der Waals surface area contributed by atoms with Crippen molar-refractivity contribution in [3.63, 3.8) is 0 Å². The van der Waals surface area contributed by atoms with Crippen molar-refractivity contribution in [2.24, 2.45) is 0 Å². The number of fused-ring (bicyclic) bond motifs is 2. The predicted octanol–water partition coefficient (Wildman–Crippen LogP) is 5.18. The molecule has 1 N–H and O–H groups in total. The van der Waals surface area contributed by atoms with Crippen molar-refractivity contribution in [1.82, 2.24) is 10.2 Å². The van der Waals surface area contributed by atoms with Crippen molar-refractivity contribution >= 4 is 27.8 Å². The van der Waals surface area contributed by atoms with Gasteiger partial charge in [0, 0.05) is 54.5 Å². The summed E-state index contributed by atoms with van der Waals surface area (Å²) in [7, 11) is 0. The van der Waals surface area contributed by atoms with Crippen LogP contribution in [0.5, 0.6) is 0 Å². The Bertz CT molecular complexity index is 1430. The number of amides is 1. The molecule has 2 aromatic heterocycles. The minimum absolute atomic E-state index is 0.0119. The lowest BCUT2D eigenvalue weighted by atomic mass is 10.00. The number of carbonyl (C=O) groups excluding carboxylic acids is 1. The number of rotatable bonds is 6. The number of nitrogens with one attached hydrogen (secondary N) is 1. The molecule has 1 saturated heterocycles. The highest BCUT2D eigenvalue weighted by Crippen LogP contribution is 2.31. The number of aryl methyl sites for hydroxylation is 3. The molecule has 1 amide bonds. The zero-order chi connectivity index (χ0) is 24.5. The summed E-state index contributed by atoms with van der Waals surface area (Å²) in [6, 6.07) is 14.5. The molecule has 0 aliphatic carbocycles. The normalized spacial score (nSPS) is 15.2. The summed E-state index contributed by atoms with van der Waals surface area (Å²) in [6.45, 7) is 8.77. The van der Waals surface area contributed by atoms with E-state index in [0.717, 1.165) is 65.7 Å². The highest BCUT2D eigenvalue weighted by atomic mass is 16.4. The largest absolute Gasteiger partial charge is 0.461 e. The Morgan fingerprint density at radius 2 is 1.66 bits per heavy atom. The number of piperidine rings is 1. The van der Waals surface area contributed by atoms with Crippen molar-refractivity contribution in [2.75, 3.05) is 13.1 Å². The second kappa shape index (κ2) is 9.70. The zero-order valence-corrected chi connectivity index (χ0v) is 20.6. The van der Waals surface area contributed by atoms with Gasteiger partial charge in [-0.2, -0.15) is 0 Å². The van der Waals surface area contributed by atoms with Gasteiger partial charge in [0.25, 0.3) is 0 Å². The van der Waals surface area contributed by atoms with Crippen LogP contribution in [0, 0.1) is 20.8 Å². The third kappa shape index (κ3) is 4.89. The van der Waals surface area contributed by atoms with E-state index in [-0.39, 0.29) is 24.0 Å². The van der Waals surface area contributed by atoms with E-state index in [9.17, 15) is 9.59 Å². The van der Waals surface area contributed by atoms with E-state index in [1.54, 1.807) is 6.07 Å². The second-order valence-electron chi connectivity index (χ2n) is 9.72. The van der Waals surface area contributed by atoms with E-state index >= 15 is 0 Å². The van der Waals surface area contributed by atoms with Gasteiger partial charge in [-0.25, -0.2) is 4.79 Å². The molecule has 0 radical (unpaired) electrons. The maximum Gasteiger partial charge on any atom is 0.339 e. The van der Waals surface area contributed by atoms with Gasteiger partial charge < -0.3 is 14.2 Å². The van der Waals surface area contributed by atoms with Gasteiger partial charge in [0.2, 0.25) is 5.91 Å². The number of hydrogen-bond acceptors (Lipinski definition) is 5. The van der Waals surface area contributed by atoms with Crippen LogP contribution < -0.4 is 10.9 Å². The summed E-state index contributed by atoms with van der Waals surface area (Å²) < 4.78 is 11.4. The second-order valence-corrected chi connectivity index (χ2v) is 9.72. The minimum atomic E-state index is -0.378. The predicted molar refractivity (Wildman–Crippen MR) is 138 cm³/mol. The van der Waals surface area contributed by atoms with Crippen molar-refractivity contribution in [1.29, 1.82) is 0 Å². The monoisotopic (exact) mass is 472 g/mol. The zero-order valence-electron chi connectivity index (χ0n) is 20.6. The van der Waals surface area contributed by atoms with Crippen molar-refractivity contribution in [3.8, 4) is 0 Å². The number of nitrogens with zero attached hydrogens (tertiary/aromatic N) is 1. The fourth-order valence-electron chi connectivity index (χ4n) is 5.13. The molecule has 0 saturated carbocycles. The minimum Gasteiger partial charge on any atom is -0.461 e. The van der Waals surface area contributed by atoms with Crippen LogP contribution in [0.1, 0.15) is 47.3 Å². The summed E-state index contributed by atoms with van der Waals surface area (Å²) in [5.41, 5.74) is 4.71. The summed E-state index contributed by atoms with van der Waals surface area (Å²) >= 11 is 0. The van der Waals surface area contributed by atoms with Gasteiger partial charge in [0.05, 0.1) is 0 Å². The van der Waals surface area contributed by atoms with E-state index in [1.165, 1.54) is 5.56 Å². The first-order valence-corrected chi connectivity index (χ1v) is 12.4. The highest BCUT2D eigenvalue weighted by Gasteiger charge is 2.21. The maximum absolute atomic E-state index is 12.7. The van der Waals surface area contributed by atoms with Crippen LogP contribution in [0.15, 0.2) is 56.1 Å². The van der Waals surface area contributed by atoms with Gasteiger partial charge in [-0.15, -0.1) is 0 Å². The average Bonchev–Trinajstić information content (AvgIpc) is 3.12. The smallest absolute Gasteiger partial charge is 0.339 e. The summed E-state index contributed by atoms with van der Waals surface area (Å²) in [5, 5.41) is 5.09. The van der Waals surface area contributed by atoms with Crippen LogP contribution in [-0.4, -0.2) is 29.9 Å². The van der Waals surface area contributed by atoms with Crippen molar-refractivity contribution < 1.29 is 13.6 Å². The Labute approximate surface area is 204 Å². The van der Waals surface area contributed by atoms with E-state index in [2.05, 4.69) is 34.5 Å². The fraction of sp³-hybridized carbons (Fsp3) is 0.379. The van der Waals surface area contributed by atoms with Gasteiger partial charge >= 0.3 is 5.63 Å². The first-order valence-electron chi connectivity index (χ1n) is 12.4. The Balaban J connectivity index is 1.21. The van der Waals surface area contributed by atoms with Crippen LogP contribution in [-0.2, 0) is 17.8 Å². The number of carbonyl (C=O) groups is 1. The molecule has 6 heteroatoms. The molecule has 5 rings (SSSR count). The molecule has 182 valence electrons. The van der Waals surface area contributed by atoms with E-state index in [1.807, 2.05) is 32.9 Å². The SMILES string of the molecule is Cc1oc2cc3oc(=O)c(CCC(=O)NC4CCN(Cc5ccccc5)CC4)c(C)c3cc2c1C. The van der Waals surface area contributed by atoms with Crippen LogP contribution in [0.3, 0.4) is 0 Å². The van der Waals surface area contributed by atoms with Crippen molar-refractivity contribution in [2.45, 2.75) is 59.0 Å². The van der Waals surface area contributed by atoms with Crippen molar-refractivity contribution in [3.05, 3.63) is 80.9 Å². The summed E-state index contributed by atoms with van der Waals surface area (Å²) in [6.07, 6.45) is 2.52. The number of benzene rings is 2. The molecule has 1 aliphatic heterocycles. The first-order chi connectivity index (χ1) is 16.9. The van der Waals surface area contributed by atoms with Gasteiger partial charge in [-0.05, 0) is 62.8 Å². The Morgan fingerprint density at radius 1 is 0.971 bits per heavy atom. The van der Waals surface area contributed by atoms with Gasteiger partial charge in [0.15, 0.2) is 0 Å². The van der Waals surface area contributed by atoms with Gasteiger partial charge in [0.1, 0.15) is 16.9 Å². The van der Waals surface area contributed by atoms with E-state index in [4.69, 9.17) is 8.83 Å². The third-order valence-corrected chi connectivity index (χ3v) is 7.39. The number of hydrogen-bond donors (Lipinski definition) is 1. The molecule has 3 heterocycles. The molecule has 0 bridgehead atoms. The third-order valence-electron chi connectivity index (χ3n) is 7.39. The Hall–Kier alpha value is -3.38. The molecule has 0 unspecified atom stereocenters. The topological polar surface area (TPSA) is 75.7 Å². The average molecular weight is 473 g/mol. The lowest BCUT2D eigenvalue weighted by Gasteiger charge is -2.32. The molecular weight excluding hydrogens is 440 g/mol. The molecule has 4 aromatic rings. The quantitative estimate of drug-likeness (QED) is 0.392. The van der Waals surface area contributed by atoms with Gasteiger partial charge in [-0.1, -0.05) is 30.3 Å². The summed E-state index contributed by atoms with van der Waals surface area (Å²) in [5.74, 6) is 0.847. The molecule has 35 heavy (non-hydrogen) atoms. The lowest BCUT2D eigenvalue weighted by molar-refractivity contribution is -0.122. The molecule has 6 nitrogen and oxygen atoms in total. The molecule has 1 aliphatic rings. The highest BCUT2D eigenvalue weighted by molar-refractivity contribution is 5.96. The maximum atomic E-state index is 12.7. The molecule has 0 spiro atoms.